The number of nitrogens with one attached hydrogen (secondary N) is 1. The van der Waals surface area contributed by atoms with Gasteiger partial charge in [0, 0.05) is 36.8 Å². The highest BCUT2D eigenvalue weighted by molar-refractivity contribution is 6.31. The van der Waals surface area contributed by atoms with Crippen LogP contribution in [-0.4, -0.2) is 54.5 Å². The molecule has 1 heterocycles. The number of ether oxygens (including phenoxy) is 1. The Morgan fingerprint density at radius 1 is 1.00 bits per heavy atom. The predicted molar refractivity (Wildman–Crippen MR) is 114 cm³/mol. The molecule has 32 heavy (non-hydrogen) atoms. The SMILES string of the molecule is O=C(CN1CCCN(C(=O)OCc2ccccc2Cl)CC1)Nc1ccccc1C(F)(F)F. The van der Waals surface area contributed by atoms with Crippen molar-refractivity contribution in [3.63, 3.8) is 0 Å². The zero-order valence-corrected chi connectivity index (χ0v) is 18.0. The highest BCUT2D eigenvalue weighted by atomic mass is 35.5. The molecular weight excluding hydrogens is 447 g/mol. The van der Waals surface area contributed by atoms with Gasteiger partial charge in [0.2, 0.25) is 5.91 Å². The van der Waals surface area contributed by atoms with Crippen LogP contribution in [0.4, 0.5) is 23.7 Å². The van der Waals surface area contributed by atoms with Gasteiger partial charge in [0.15, 0.2) is 0 Å². The Bertz CT molecular complexity index is 955. The number of carbonyl (C=O) groups is 2. The Kier molecular flexibility index (Phi) is 7.98. The summed E-state index contributed by atoms with van der Waals surface area (Å²) in [5.41, 5.74) is -0.462. The second-order valence-corrected chi connectivity index (χ2v) is 7.76. The summed E-state index contributed by atoms with van der Waals surface area (Å²) in [6.45, 7) is 1.71. The van der Waals surface area contributed by atoms with Gasteiger partial charge in [-0.05, 0) is 24.6 Å². The molecule has 1 N–H and O–H groups in total. The third kappa shape index (κ3) is 6.61. The number of hydrogen-bond acceptors (Lipinski definition) is 4. The van der Waals surface area contributed by atoms with E-state index in [1.165, 1.54) is 18.2 Å². The van der Waals surface area contributed by atoms with Crippen molar-refractivity contribution < 1.29 is 27.5 Å². The maximum absolute atomic E-state index is 13.1. The van der Waals surface area contributed by atoms with Crippen LogP contribution < -0.4 is 5.32 Å². The number of carbonyl (C=O) groups excluding carboxylic acids is 2. The Labute approximate surface area is 188 Å². The molecule has 0 aromatic heterocycles. The van der Waals surface area contributed by atoms with Crippen LogP contribution >= 0.6 is 11.6 Å². The van der Waals surface area contributed by atoms with Gasteiger partial charge in [-0.3, -0.25) is 9.69 Å². The monoisotopic (exact) mass is 469 g/mol. The molecule has 1 saturated heterocycles. The number of anilines is 1. The quantitative estimate of drug-likeness (QED) is 0.693. The molecule has 3 rings (SSSR count). The van der Waals surface area contributed by atoms with Crippen molar-refractivity contribution in [1.82, 2.24) is 9.80 Å². The molecule has 0 spiro atoms. The van der Waals surface area contributed by atoms with Crippen LogP contribution in [0.15, 0.2) is 48.5 Å². The van der Waals surface area contributed by atoms with Crippen LogP contribution in [0.2, 0.25) is 5.02 Å². The minimum absolute atomic E-state index is 0.0553. The lowest BCUT2D eigenvalue weighted by Crippen LogP contribution is -2.38. The van der Waals surface area contributed by atoms with E-state index in [4.69, 9.17) is 16.3 Å². The third-order valence-electron chi connectivity index (χ3n) is 5.03. The molecule has 0 radical (unpaired) electrons. The zero-order valence-electron chi connectivity index (χ0n) is 17.2. The zero-order chi connectivity index (χ0) is 23.1. The Balaban J connectivity index is 1.49. The van der Waals surface area contributed by atoms with Gasteiger partial charge in [0.05, 0.1) is 17.8 Å². The van der Waals surface area contributed by atoms with Crippen molar-refractivity contribution in [3.8, 4) is 0 Å². The number of rotatable bonds is 5. The first kappa shape index (κ1) is 23.9. The van der Waals surface area contributed by atoms with Crippen molar-refractivity contribution in [1.29, 1.82) is 0 Å². The summed E-state index contributed by atoms with van der Waals surface area (Å²) in [5.74, 6) is -0.545. The molecule has 0 saturated carbocycles. The standard InChI is InChI=1S/C22H23ClF3N3O3/c23-18-8-3-1-6-16(18)15-32-21(31)29-11-5-10-28(12-13-29)14-20(30)27-19-9-4-2-7-17(19)22(24,25)26/h1-4,6-9H,5,10-15H2,(H,27,30). The lowest BCUT2D eigenvalue weighted by Gasteiger charge is -2.22. The highest BCUT2D eigenvalue weighted by Gasteiger charge is 2.33. The van der Waals surface area contributed by atoms with Crippen molar-refractivity contribution in [2.75, 3.05) is 38.0 Å². The number of hydrogen-bond donors (Lipinski definition) is 1. The molecule has 0 bridgehead atoms. The van der Waals surface area contributed by atoms with Gasteiger partial charge in [0.25, 0.3) is 0 Å². The van der Waals surface area contributed by atoms with Gasteiger partial charge in [0.1, 0.15) is 6.61 Å². The van der Waals surface area contributed by atoms with Gasteiger partial charge in [-0.25, -0.2) is 4.79 Å². The molecule has 1 aliphatic heterocycles. The molecular formula is C22H23ClF3N3O3. The maximum Gasteiger partial charge on any atom is 0.418 e. The van der Waals surface area contributed by atoms with Crippen LogP contribution in [0.3, 0.4) is 0 Å². The Hall–Kier alpha value is -2.78. The summed E-state index contributed by atoms with van der Waals surface area (Å²) in [7, 11) is 0. The topological polar surface area (TPSA) is 61.9 Å². The fourth-order valence-electron chi connectivity index (χ4n) is 3.39. The number of halogens is 4. The predicted octanol–water partition coefficient (Wildman–Crippen LogP) is 4.64. The summed E-state index contributed by atoms with van der Waals surface area (Å²) in [6, 6.07) is 11.9. The molecule has 172 valence electrons. The van der Waals surface area contributed by atoms with Crippen molar-refractivity contribution in [2.45, 2.75) is 19.2 Å². The highest BCUT2D eigenvalue weighted by Crippen LogP contribution is 2.34. The van der Waals surface area contributed by atoms with Crippen molar-refractivity contribution in [3.05, 3.63) is 64.7 Å². The first-order chi connectivity index (χ1) is 15.2. The molecule has 1 aliphatic rings. The smallest absolute Gasteiger partial charge is 0.418 e. The first-order valence-corrected chi connectivity index (χ1v) is 10.5. The fraction of sp³-hybridized carbons (Fsp3) is 0.364. The van der Waals surface area contributed by atoms with E-state index in [-0.39, 0.29) is 18.8 Å². The molecule has 2 aromatic rings. The largest absolute Gasteiger partial charge is 0.444 e. The van der Waals surface area contributed by atoms with Gasteiger partial charge >= 0.3 is 12.3 Å². The van der Waals surface area contributed by atoms with Crippen LogP contribution in [0.25, 0.3) is 0 Å². The van der Waals surface area contributed by atoms with Crippen molar-refractivity contribution >= 4 is 29.3 Å². The lowest BCUT2D eigenvalue weighted by molar-refractivity contribution is -0.137. The van der Waals surface area contributed by atoms with E-state index in [9.17, 15) is 22.8 Å². The van der Waals surface area contributed by atoms with E-state index in [1.54, 1.807) is 34.1 Å². The van der Waals surface area contributed by atoms with Gasteiger partial charge in [-0.1, -0.05) is 41.9 Å². The van der Waals surface area contributed by atoms with Crippen LogP contribution in [0.1, 0.15) is 17.5 Å². The van der Waals surface area contributed by atoms with Crippen LogP contribution in [0.5, 0.6) is 0 Å². The second-order valence-electron chi connectivity index (χ2n) is 7.35. The van der Waals surface area contributed by atoms with E-state index < -0.39 is 23.7 Å². The average molecular weight is 470 g/mol. The van der Waals surface area contributed by atoms with Gasteiger partial charge in [-0.2, -0.15) is 13.2 Å². The third-order valence-corrected chi connectivity index (χ3v) is 5.40. The fourth-order valence-corrected chi connectivity index (χ4v) is 3.58. The molecule has 6 nitrogen and oxygen atoms in total. The summed E-state index contributed by atoms with van der Waals surface area (Å²) < 4.78 is 44.7. The molecule has 10 heteroatoms. The molecule has 0 unspecified atom stereocenters. The van der Waals surface area contributed by atoms with Gasteiger partial charge in [-0.15, -0.1) is 0 Å². The molecule has 0 atom stereocenters. The summed E-state index contributed by atoms with van der Waals surface area (Å²) in [4.78, 5) is 28.1. The van der Waals surface area contributed by atoms with E-state index in [1.807, 2.05) is 0 Å². The molecule has 2 aromatic carbocycles. The Morgan fingerprint density at radius 2 is 1.72 bits per heavy atom. The number of benzene rings is 2. The minimum Gasteiger partial charge on any atom is -0.444 e. The van der Waals surface area contributed by atoms with E-state index in [0.29, 0.717) is 43.2 Å². The number of nitrogens with zero attached hydrogens (tertiary/aromatic N) is 2. The molecule has 0 aliphatic carbocycles. The summed E-state index contributed by atoms with van der Waals surface area (Å²) >= 11 is 6.07. The second kappa shape index (κ2) is 10.7. The normalized spacial score (nSPS) is 15.2. The van der Waals surface area contributed by atoms with Crippen LogP contribution in [-0.2, 0) is 22.3 Å². The van der Waals surface area contributed by atoms with E-state index in [0.717, 1.165) is 6.07 Å². The van der Waals surface area contributed by atoms with Crippen LogP contribution in [0, 0.1) is 0 Å². The number of para-hydroxylation sites is 1. The van der Waals surface area contributed by atoms with E-state index >= 15 is 0 Å². The minimum atomic E-state index is -4.56. The van der Waals surface area contributed by atoms with Gasteiger partial charge < -0.3 is 15.0 Å². The first-order valence-electron chi connectivity index (χ1n) is 10.1. The summed E-state index contributed by atoms with van der Waals surface area (Å²) in [5, 5.41) is 2.86. The maximum atomic E-state index is 13.1. The summed E-state index contributed by atoms with van der Waals surface area (Å²) in [6.07, 6.45) is -4.43. The lowest BCUT2D eigenvalue weighted by atomic mass is 10.1. The number of amides is 2. The Morgan fingerprint density at radius 3 is 2.47 bits per heavy atom. The van der Waals surface area contributed by atoms with Crippen molar-refractivity contribution in [2.24, 2.45) is 0 Å². The number of alkyl halides is 3. The molecule has 2 amide bonds. The molecule has 1 fully saturated rings. The van der Waals surface area contributed by atoms with E-state index in [2.05, 4.69) is 5.32 Å². The average Bonchev–Trinajstić information content (AvgIpc) is 2.98.